The van der Waals surface area contributed by atoms with Crippen LogP contribution >= 0.6 is 0 Å². The molecule has 0 aromatic heterocycles. The Kier molecular flexibility index (Phi) is 3.03. The van der Waals surface area contributed by atoms with E-state index in [0.717, 1.165) is 42.4 Å². The molecule has 0 radical (unpaired) electrons. The van der Waals surface area contributed by atoms with Crippen LogP contribution in [0.3, 0.4) is 0 Å². The Morgan fingerprint density at radius 1 is 1.29 bits per heavy atom. The molecule has 0 aromatic rings. The van der Waals surface area contributed by atoms with Crippen LogP contribution in [0.2, 0.25) is 0 Å². The van der Waals surface area contributed by atoms with E-state index < -0.39 is 0 Å². The highest BCUT2D eigenvalue weighted by molar-refractivity contribution is 5.77. The predicted molar refractivity (Wildman–Crippen MR) is 82.5 cm³/mol. The Balaban J connectivity index is 1.50. The molecule has 0 spiro atoms. The first-order chi connectivity index (χ1) is 10.0. The van der Waals surface area contributed by atoms with Gasteiger partial charge in [0.15, 0.2) is 0 Å². The van der Waals surface area contributed by atoms with Crippen molar-refractivity contribution in [3.05, 3.63) is 12.2 Å². The maximum absolute atomic E-state index is 12.7. The highest BCUT2D eigenvalue weighted by atomic mass is 16.5. The first kappa shape index (κ1) is 13.8. The van der Waals surface area contributed by atoms with Crippen molar-refractivity contribution in [1.82, 2.24) is 0 Å². The number of hydrogen-bond acceptors (Lipinski definition) is 2. The molecule has 2 heteroatoms. The molecule has 0 amide bonds. The molecule has 0 saturated heterocycles. The first-order valence-corrected chi connectivity index (χ1v) is 8.90. The summed E-state index contributed by atoms with van der Waals surface area (Å²) in [4.78, 5) is 12.7. The number of rotatable bonds is 4. The largest absolute Gasteiger partial charge is 0.465 e. The Morgan fingerprint density at radius 3 is 2.71 bits per heavy atom. The summed E-state index contributed by atoms with van der Waals surface area (Å²) in [6.45, 7) is 7.11. The van der Waals surface area contributed by atoms with Gasteiger partial charge in [-0.25, -0.2) is 0 Å². The van der Waals surface area contributed by atoms with Gasteiger partial charge in [0.25, 0.3) is 0 Å². The van der Waals surface area contributed by atoms with Crippen molar-refractivity contribution in [2.45, 2.75) is 46.5 Å². The van der Waals surface area contributed by atoms with E-state index >= 15 is 0 Å². The third-order valence-electron chi connectivity index (χ3n) is 7.32. The van der Waals surface area contributed by atoms with E-state index in [2.05, 4.69) is 32.9 Å². The van der Waals surface area contributed by atoms with E-state index in [1.54, 1.807) is 0 Å². The molecule has 116 valence electrons. The van der Waals surface area contributed by atoms with Gasteiger partial charge in [-0.3, -0.25) is 4.79 Å². The van der Waals surface area contributed by atoms with Crippen molar-refractivity contribution in [3.63, 3.8) is 0 Å². The molecular formula is C19H28O2. The molecule has 21 heavy (non-hydrogen) atoms. The molecule has 3 saturated carbocycles. The van der Waals surface area contributed by atoms with Crippen LogP contribution in [0.15, 0.2) is 12.2 Å². The number of ether oxygens (including phenoxy) is 1. The summed E-state index contributed by atoms with van der Waals surface area (Å²) in [5, 5.41) is 0. The van der Waals surface area contributed by atoms with Gasteiger partial charge < -0.3 is 4.74 Å². The van der Waals surface area contributed by atoms with Gasteiger partial charge >= 0.3 is 5.97 Å². The van der Waals surface area contributed by atoms with Crippen LogP contribution in [0.5, 0.6) is 0 Å². The molecule has 0 aliphatic heterocycles. The number of esters is 1. The average molecular weight is 288 g/mol. The lowest BCUT2D eigenvalue weighted by molar-refractivity contribution is -0.162. The number of hydrogen-bond donors (Lipinski definition) is 0. The third-order valence-corrected chi connectivity index (χ3v) is 7.32. The lowest BCUT2D eigenvalue weighted by atomic mass is 9.63. The molecule has 8 atom stereocenters. The smallest absolute Gasteiger partial charge is 0.312 e. The Morgan fingerprint density at radius 2 is 2.00 bits per heavy atom. The molecule has 8 unspecified atom stereocenters. The first-order valence-electron chi connectivity index (χ1n) is 8.90. The summed E-state index contributed by atoms with van der Waals surface area (Å²) in [5.74, 6) is 5.20. The van der Waals surface area contributed by atoms with E-state index in [0.29, 0.717) is 18.4 Å². The lowest BCUT2D eigenvalue weighted by Gasteiger charge is -2.41. The number of allylic oxidation sites excluding steroid dienone is 2. The van der Waals surface area contributed by atoms with E-state index in [4.69, 9.17) is 4.74 Å². The zero-order valence-electron chi connectivity index (χ0n) is 13.5. The highest BCUT2D eigenvalue weighted by Gasteiger charge is 2.66. The van der Waals surface area contributed by atoms with Crippen molar-refractivity contribution in [2.75, 3.05) is 6.61 Å². The van der Waals surface area contributed by atoms with Gasteiger partial charge in [0.05, 0.1) is 12.0 Å². The fourth-order valence-corrected chi connectivity index (χ4v) is 6.11. The Hall–Kier alpha value is -0.790. The molecule has 4 aliphatic carbocycles. The summed E-state index contributed by atoms with van der Waals surface area (Å²) in [6.07, 6.45) is 9.70. The maximum Gasteiger partial charge on any atom is 0.312 e. The molecule has 4 rings (SSSR count). The molecule has 4 bridgehead atoms. The summed E-state index contributed by atoms with van der Waals surface area (Å²) in [7, 11) is 0. The number of carbonyl (C=O) groups excluding carboxylic acids is 1. The van der Waals surface area contributed by atoms with E-state index in [1.165, 1.54) is 12.8 Å². The summed E-state index contributed by atoms with van der Waals surface area (Å²) in [6, 6.07) is 0. The minimum absolute atomic E-state index is 0.0977. The van der Waals surface area contributed by atoms with Crippen molar-refractivity contribution in [2.24, 2.45) is 46.8 Å². The van der Waals surface area contributed by atoms with Gasteiger partial charge in [0.1, 0.15) is 0 Å². The van der Waals surface area contributed by atoms with Gasteiger partial charge in [-0.05, 0) is 67.6 Å². The van der Waals surface area contributed by atoms with Crippen LogP contribution in [0.1, 0.15) is 46.5 Å². The SMILES string of the molecule is CCC(C)COC(=O)C1(C)CC2CC1C1C3C=CC(C3)C21. The molecule has 0 N–H and O–H groups in total. The van der Waals surface area contributed by atoms with Crippen LogP contribution in [0, 0.1) is 46.8 Å². The van der Waals surface area contributed by atoms with Gasteiger partial charge in [0, 0.05) is 0 Å². The molecule has 3 fully saturated rings. The zero-order chi connectivity index (χ0) is 14.8. The fourth-order valence-electron chi connectivity index (χ4n) is 6.11. The molecular weight excluding hydrogens is 260 g/mol. The summed E-state index contributed by atoms with van der Waals surface area (Å²) in [5.41, 5.74) is -0.197. The lowest BCUT2D eigenvalue weighted by Crippen LogP contribution is -2.43. The van der Waals surface area contributed by atoms with Crippen LogP contribution in [-0.4, -0.2) is 12.6 Å². The van der Waals surface area contributed by atoms with Crippen LogP contribution in [0.25, 0.3) is 0 Å². The Bertz CT molecular complexity index is 482. The van der Waals surface area contributed by atoms with E-state index in [9.17, 15) is 4.79 Å². The summed E-state index contributed by atoms with van der Waals surface area (Å²) < 4.78 is 5.71. The predicted octanol–water partition coefficient (Wildman–Crippen LogP) is 4.06. The standard InChI is InChI=1S/C19H28O2/c1-4-11(2)10-21-18(20)19(3)9-14-8-15(19)17-13-6-5-12(7-13)16(14)17/h5-6,11-17H,4,7-10H2,1-3H3. The van der Waals surface area contributed by atoms with Crippen molar-refractivity contribution in [1.29, 1.82) is 0 Å². The number of fused-ring (bicyclic) bond motifs is 9. The third kappa shape index (κ3) is 1.80. The summed E-state index contributed by atoms with van der Waals surface area (Å²) >= 11 is 0. The van der Waals surface area contributed by atoms with Gasteiger partial charge in [0.2, 0.25) is 0 Å². The molecule has 2 nitrogen and oxygen atoms in total. The van der Waals surface area contributed by atoms with Crippen LogP contribution < -0.4 is 0 Å². The molecule has 0 heterocycles. The average Bonchev–Trinajstić information content (AvgIpc) is 3.21. The fraction of sp³-hybridized carbons (Fsp3) is 0.842. The second-order valence-corrected chi connectivity index (χ2v) is 8.44. The topological polar surface area (TPSA) is 26.3 Å². The quantitative estimate of drug-likeness (QED) is 0.443. The van der Waals surface area contributed by atoms with Crippen molar-refractivity contribution in [3.8, 4) is 0 Å². The second-order valence-electron chi connectivity index (χ2n) is 8.44. The number of carbonyl (C=O) groups is 1. The monoisotopic (exact) mass is 288 g/mol. The molecule has 0 aromatic carbocycles. The maximum atomic E-state index is 12.7. The zero-order valence-corrected chi connectivity index (χ0v) is 13.5. The minimum Gasteiger partial charge on any atom is -0.465 e. The van der Waals surface area contributed by atoms with Crippen LogP contribution in [0.4, 0.5) is 0 Å². The van der Waals surface area contributed by atoms with Crippen molar-refractivity contribution < 1.29 is 9.53 Å². The van der Waals surface area contributed by atoms with Gasteiger partial charge in [-0.2, -0.15) is 0 Å². The van der Waals surface area contributed by atoms with E-state index in [1.807, 2.05) is 0 Å². The Labute approximate surface area is 128 Å². The minimum atomic E-state index is -0.197. The molecule has 4 aliphatic rings. The highest BCUT2D eigenvalue weighted by Crippen LogP contribution is 2.70. The van der Waals surface area contributed by atoms with E-state index in [-0.39, 0.29) is 11.4 Å². The second kappa shape index (κ2) is 4.60. The van der Waals surface area contributed by atoms with Gasteiger partial charge in [-0.15, -0.1) is 0 Å². The van der Waals surface area contributed by atoms with Gasteiger partial charge in [-0.1, -0.05) is 32.4 Å². The normalized spacial score (nSPS) is 50.4. The van der Waals surface area contributed by atoms with Crippen molar-refractivity contribution >= 4 is 5.97 Å². The van der Waals surface area contributed by atoms with Crippen LogP contribution in [-0.2, 0) is 9.53 Å².